The van der Waals surface area contributed by atoms with Gasteiger partial charge in [0.05, 0.1) is 17.6 Å². The standard InChI is InChI=1S/C15H18BrNO2/c1-9-5-11-12(8-18-2)14(7-17-10-3-4-10)19-15(11)13(16)6-9/h5-6,10,17H,3-4,7-8H2,1-2H3. The fraction of sp³-hybridized carbons (Fsp3) is 0.467. The van der Waals surface area contributed by atoms with E-state index in [4.69, 9.17) is 9.15 Å². The summed E-state index contributed by atoms with van der Waals surface area (Å²) >= 11 is 3.58. The Kier molecular flexibility index (Phi) is 3.65. The van der Waals surface area contributed by atoms with Crippen LogP contribution in [-0.4, -0.2) is 13.2 Å². The number of nitrogens with one attached hydrogen (secondary N) is 1. The summed E-state index contributed by atoms with van der Waals surface area (Å²) < 4.78 is 12.4. The molecule has 1 fully saturated rings. The van der Waals surface area contributed by atoms with E-state index in [1.807, 2.05) is 0 Å². The first kappa shape index (κ1) is 13.2. The molecule has 1 aliphatic rings. The maximum atomic E-state index is 6.03. The van der Waals surface area contributed by atoms with E-state index in [2.05, 4.69) is 40.3 Å². The molecule has 0 atom stereocenters. The van der Waals surface area contributed by atoms with Crippen molar-refractivity contribution in [2.24, 2.45) is 0 Å². The first-order chi connectivity index (χ1) is 9.19. The Bertz CT molecular complexity index is 602. The summed E-state index contributed by atoms with van der Waals surface area (Å²) in [5.74, 6) is 0.995. The van der Waals surface area contributed by atoms with Crippen molar-refractivity contribution in [3.63, 3.8) is 0 Å². The molecule has 2 aromatic rings. The van der Waals surface area contributed by atoms with Crippen LogP contribution in [0.5, 0.6) is 0 Å². The van der Waals surface area contributed by atoms with Gasteiger partial charge in [-0.3, -0.25) is 0 Å². The second-order valence-electron chi connectivity index (χ2n) is 5.22. The second kappa shape index (κ2) is 5.27. The van der Waals surface area contributed by atoms with E-state index >= 15 is 0 Å². The van der Waals surface area contributed by atoms with Gasteiger partial charge in [-0.1, -0.05) is 0 Å². The first-order valence-electron chi connectivity index (χ1n) is 6.61. The Morgan fingerprint density at radius 1 is 1.42 bits per heavy atom. The van der Waals surface area contributed by atoms with Gasteiger partial charge in [0.25, 0.3) is 0 Å². The molecule has 0 unspecified atom stereocenters. The van der Waals surface area contributed by atoms with E-state index in [9.17, 15) is 0 Å². The lowest BCUT2D eigenvalue weighted by Crippen LogP contribution is -2.15. The molecule has 0 aliphatic heterocycles. The predicted octanol–water partition coefficient (Wildman–Crippen LogP) is 3.90. The lowest BCUT2D eigenvalue weighted by Gasteiger charge is -2.03. The zero-order valence-corrected chi connectivity index (χ0v) is 12.8. The quantitative estimate of drug-likeness (QED) is 0.906. The van der Waals surface area contributed by atoms with E-state index in [0.29, 0.717) is 12.6 Å². The topological polar surface area (TPSA) is 34.4 Å². The van der Waals surface area contributed by atoms with Crippen LogP contribution in [0.2, 0.25) is 0 Å². The van der Waals surface area contributed by atoms with Crippen molar-refractivity contribution in [3.05, 3.63) is 33.5 Å². The zero-order chi connectivity index (χ0) is 13.4. The van der Waals surface area contributed by atoms with Gasteiger partial charge in [0.2, 0.25) is 0 Å². The maximum Gasteiger partial charge on any atom is 0.148 e. The number of rotatable bonds is 5. The van der Waals surface area contributed by atoms with Gasteiger partial charge in [-0.25, -0.2) is 0 Å². The summed E-state index contributed by atoms with van der Waals surface area (Å²) in [5.41, 5.74) is 3.31. The molecule has 1 aromatic carbocycles. The molecule has 3 rings (SSSR count). The lowest BCUT2D eigenvalue weighted by molar-refractivity contribution is 0.183. The van der Waals surface area contributed by atoms with Crippen molar-refractivity contribution in [1.82, 2.24) is 5.32 Å². The van der Waals surface area contributed by atoms with Gasteiger partial charge < -0.3 is 14.5 Å². The molecule has 1 N–H and O–H groups in total. The van der Waals surface area contributed by atoms with E-state index in [-0.39, 0.29) is 0 Å². The number of aryl methyl sites for hydroxylation is 1. The third-order valence-corrected chi connectivity index (χ3v) is 4.08. The number of halogens is 1. The minimum absolute atomic E-state index is 0.588. The van der Waals surface area contributed by atoms with Crippen LogP contribution in [-0.2, 0) is 17.9 Å². The molecular weight excluding hydrogens is 306 g/mol. The highest BCUT2D eigenvalue weighted by atomic mass is 79.9. The Labute approximate surface area is 121 Å². The van der Waals surface area contributed by atoms with Crippen LogP contribution in [0.15, 0.2) is 21.0 Å². The van der Waals surface area contributed by atoms with E-state index in [1.165, 1.54) is 18.4 Å². The molecule has 1 heterocycles. The van der Waals surface area contributed by atoms with Gasteiger partial charge in [0.1, 0.15) is 11.3 Å². The van der Waals surface area contributed by atoms with Crippen LogP contribution < -0.4 is 5.32 Å². The average molecular weight is 324 g/mol. The van der Waals surface area contributed by atoms with Crippen LogP contribution in [0, 0.1) is 6.92 Å². The van der Waals surface area contributed by atoms with Gasteiger partial charge in [-0.05, 0) is 53.4 Å². The Morgan fingerprint density at radius 2 is 2.21 bits per heavy atom. The summed E-state index contributed by atoms with van der Waals surface area (Å²) in [7, 11) is 1.72. The molecule has 0 spiro atoms. The SMILES string of the molecule is COCc1c(CNC2CC2)oc2c(Br)cc(C)cc12. The van der Waals surface area contributed by atoms with Gasteiger partial charge in [0, 0.05) is 24.1 Å². The summed E-state index contributed by atoms with van der Waals surface area (Å²) in [6.07, 6.45) is 2.56. The minimum Gasteiger partial charge on any atom is -0.458 e. The van der Waals surface area contributed by atoms with E-state index in [0.717, 1.165) is 33.3 Å². The molecule has 0 saturated heterocycles. The second-order valence-corrected chi connectivity index (χ2v) is 6.07. The third kappa shape index (κ3) is 2.71. The van der Waals surface area contributed by atoms with Gasteiger partial charge in [0.15, 0.2) is 0 Å². The van der Waals surface area contributed by atoms with Gasteiger partial charge >= 0.3 is 0 Å². The monoisotopic (exact) mass is 323 g/mol. The van der Waals surface area contributed by atoms with E-state index < -0.39 is 0 Å². The highest BCUT2D eigenvalue weighted by Crippen LogP contribution is 2.33. The van der Waals surface area contributed by atoms with Crippen molar-refractivity contribution < 1.29 is 9.15 Å². The first-order valence-corrected chi connectivity index (χ1v) is 7.41. The smallest absolute Gasteiger partial charge is 0.148 e. The minimum atomic E-state index is 0.588. The third-order valence-electron chi connectivity index (χ3n) is 3.49. The number of hydrogen-bond donors (Lipinski definition) is 1. The maximum absolute atomic E-state index is 6.03. The normalized spacial score (nSPS) is 15.3. The number of furan rings is 1. The fourth-order valence-corrected chi connectivity index (χ4v) is 3.02. The molecule has 4 heteroatoms. The van der Waals surface area contributed by atoms with Crippen LogP contribution in [0.1, 0.15) is 29.7 Å². The van der Waals surface area contributed by atoms with Gasteiger partial charge in [-0.15, -0.1) is 0 Å². The number of ether oxygens (including phenoxy) is 1. The van der Waals surface area contributed by atoms with Crippen molar-refractivity contribution in [1.29, 1.82) is 0 Å². The highest BCUT2D eigenvalue weighted by molar-refractivity contribution is 9.10. The number of hydrogen-bond acceptors (Lipinski definition) is 3. The van der Waals surface area contributed by atoms with Crippen LogP contribution >= 0.6 is 15.9 Å². The Balaban J connectivity index is 2.03. The summed E-state index contributed by atoms with van der Waals surface area (Å²) in [6.45, 7) is 3.46. The lowest BCUT2D eigenvalue weighted by atomic mass is 10.1. The molecule has 1 aliphatic carbocycles. The predicted molar refractivity (Wildman–Crippen MR) is 79.2 cm³/mol. The molecule has 0 bridgehead atoms. The van der Waals surface area contributed by atoms with Crippen molar-refractivity contribution in [2.45, 2.75) is 39.0 Å². The number of fused-ring (bicyclic) bond motifs is 1. The van der Waals surface area contributed by atoms with Crippen molar-refractivity contribution in [2.75, 3.05) is 7.11 Å². The van der Waals surface area contributed by atoms with E-state index in [1.54, 1.807) is 7.11 Å². The Hall–Kier alpha value is -0.840. The van der Waals surface area contributed by atoms with Gasteiger partial charge in [-0.2, -0.15) is 0 Å². The highest BCUT2D eigenvalue weighted by Gasteiger charge is 2.22. The molecule has 1 saturated carbocycles. The molecule has 19 heavy (non-hydrogen) atoms. The largest absolute Gasteiger partial charge is 0.458 e. The molecule has 0 radical (unpaired) electrons. The fourth-order valence-electron chi connectivity index (χ4n) is 2.36. The number of methoxy groups -OCH3 is 1. The Morgan fingerprint density at radius 3 is 2.89 bits per heavy atom. The molecule has 102 valence electrons. The summed E-state index contributed by atoms with van der Waals surface area (Å²) in [5, 5.41) is 4.66. The molecule has 0 amide bonds. The number of benzene rings is 1. The van der Waals surface area contributed by atoms with Crippen LogP contribution in [0.4, 0.5) is 0 Å². The summed E-state index contributed by atoms with van der Waals surface area (Å²) in [4.78, 5) is 0. The zero-order valence-electron chi connectivity index (χ0n) is 11.3. The molecule has 1 aromatic heterocycles. The average Bonchev–Trinajstić information content (AvgIpc) is 3.13. The molecule has 3 nitrogen and oxygen atoms in total. The van der Waals surface area contributed by atoms with Crippen LogP contribution in [0.3, 0.4) is 0 Å². The van der Waals surface area contributed by atoms with Crippen LogP contribution in [0.25, 0.3) is 11.0 Å². The summed E-state index contributed by atoms with van der Waals surface area (Å²) in [6, 6.07) is 4.92. The van der Waals surface area contributed by atoms with Crippen molar-refractivity contribution in [3.8, 4) is 0 Å². The molecular formula is C15H18BrNO2. The van der Waals surface area contributed by atoms with Crippen molar-refractivity contribution >= 4 is 26.9 Å².